The number of carbonyl (C=O) groups is 1. The predicted octanol–water partition coefficient (Wildman–Crippen LogP) is 3.37. The Bertz CT molecular complexity index is 1180. The highest BCUT2D eigenvalue weighted by molar-refractivity contribution is 5.79. The number of nitrogens with zero attached hydrogens (tertiary/aromatic N) is 1. The number of halogens is 3. The molecular weight excluding hydrogens is 399 g/mol. The molecule has 0 spiro atoms. The summed E-state index contributed by atoms with van der Waals surface area (Å²) in [6.07, 6.45) is -3.49. The molecule has 9 heteroatoms. The molecule has 0 aliphatic heterocycles. The van der Waals surface area contributed by atoms with Crippen LogP contribution in [0.15, 0.2) is 58.1 Å². The molecule has 30 heavy (non-hydrogen) atoms. The van der Waals surface area contributed by atoms with Crippen LogP contribution in [0.3, 0.4) is 0 Å². The predicted molar refractivity (Wildman–Crippen MR) is 106 cm³/mol. The van der Waals surface area contributed by atoms with Crippen molar-refractivity contribution in [3.63, 3.8) is 0 Å². The van der Waals surface area contributed by atoms with E-state index in [1.54, 1.807) is 18.2 Å². The van der Waals surface area contributed by atoms with Crippen LogP contribution in [0.2, 0.25) is 0 Å². The van der Waals surface area contributed by atoms with Crippen LogP contribution in [0.4, 0.5) is 13.2 Å². The fourth-order valence-electron chi connectivity index (χ4n) is 3.27. The number of H-pyrrole nitrogens is 1. The first kappa shape index (κ1) is 21.4. The molecule has 3 rings (SSSR count). The smallest absolute Gasteiger partial charge is 0.348 e. The van der Waals surface area contributed by atoms with E-state index in [2.05, 4.69) is 10.3 Å². The lowest BCUT2D eigenvalue weighted by Crippen LogP contribution is -2.41. The maximum absolute atomic E-state index is 13.0. The molecule has 0 fully saturated rings. The van der Waals surface area contributed by atoms with Gasteiger partial charge in [-0.1, -0.05) is 37.6 Å². The van der Waals surface area contributed by atoms with Gasteiger partial charge in [0.1, 0.15) is 6.54 Å². The second kappa shape index (κ2) is 8.56. The van der Waals surface area contributed by atoms with Crippen molar-refractivity contribution in [3.05, 3.63) is 80.5 Å². The molecule has 0 bridgehead atoms. The molecule has 0 aliphatic rings. The molecule has 1 amide bonds. The van der Waals surface area contributed by atoms with Crippen molar-refractivity contribution < 1.29 is 18.0 Å². The van der Waals surface area contributed by atoms with Crippen molar-refractivity contribution in [2.45, 2.75) is 38.5 Å². The highest BCUT2D eigenvalue weighted by atomic mass is 19.4. The van der Waals surface area contributed by atoms with Gasteiger partial charge >= 0.3 is 11.9 Å². The van der Waals surface area contributed by atoms with Crippen LogP contribution in [0.25, 0.3) is 10.9 Å². The van der Waals surface area contributed by atoms with Gasteiger partial charge in [-0.3, -0.25) is 14.2 Å². The molecule has 1 aromatic heterocycles. The van der Waals surface area contributed by atoms with Crippen LogP contribution >= 0.6 is 0 Å². The highest BCUT2D eigenvalue weighted by Crippen LogP contribution is 2.31. The van der Waals surface area contributed by atoms with Crippen LogP contribution in [0.5, 0.6) is 0 Å². The second-order valence-electron chi connectivity index (χ2n) is 6.90. The zero-order valence-corrected chi connectivity index (χ0v) is 16.1. The molecule has 2 aromatic carbocycles. The summed E-state index contributed by atoms with van der Waals surface area (Å²) >= 11 is 0. The van der Waals surface area contributed by atoms with Crippen molar-refractivity contribution in [2.24, 2.45) is 0 Å². The Hall–Kier alpha value is -3.36. The summed E-state index contributed by atoms with van der Waals surface area (Å²) in [4.78, 5) is 39.9. The number of para-hydroxylation sites is 1. The molecule has 1 heterocycles. The largest absolute Gasteiger partial charge is 0.416 e. The fraction of sp³-hybridized carbons (Fsp3) is 0.286. The Labute approximate surface area is 169 Å². The van der Waals surface area contributed by atoms with Crippen molar-refractivity contribution in [3.8, 4) is 0 Å². The average Bonchev–Trinajstić information content (AvgIpc) is 2.70. The molecule has 3 aromatic rings. The minimum atomic E-state index is -4.50. The van der Waals surface area contributed by atoms with Gasteiger partial charge in [0.2, 0.25) is 5.91 Å². The van der Waals surface area contributed by atoms with Crippen LogP contribution < -0.4 is 16.6 Å². The second-order valence-corrected chi connectivity index (χ2v) is 6.90. The Morgan fingerprint density at radius 3 is 2.57 bits per heavy atom. The van der Waals surface area contributed by atoms with E-state index in [-0.39, 0.29) is 5.39 Å². The lowest BCUT2D eigenvalue weighted by Gasteiger charge is -2.20. The van der Waals surface area contributed by atoms with E-state index in [1.165, 1.54) is 18.2 Å². The van der Waals surface area contributed by atoms with Crippen LogP contribution in [-0.4, -0.2) is 15.5 Å². The van der Waals surface area contributed by atoms with E-state index in [0.29, 0.717) is 23.9 Å². The zero-order chi connectivity index (χ0) is 21.9. The first-order valence-electron chi connectivity index (χ1n) is 9.39. The minimum absolute atomic E-state index is 0.257. The Kier molecular flexibility index (Phi) is 6.09. The number of amides is 1. The summed E-state index contributed by atoms with van der Waals surface area (Å²) in [5.41, 5.74) is -1.50. The van der Waals surface area contributed by atoms with Crippen LogP contribution in [-0.2, 0) is 17.5 Å². The molecule has 1 unspecified atom stereocenters. The normalized spacial score (nSPS) is 12.7. The lowest BCUT2D eigenvalue weighted by atomic mass is 10.00. The minimum Gasteiger partial charge on any atom is -0.348 e. The van der Waals surface area contributed by atoms with Crippen molar-refractivity contribution in [1.82, 2.24) is 14.9 Å². The maximum atomic E-state index is 13.0. The summed E-state index contributed by atoms with van der Waals surface area (Å²) in [6.45, 7) is 1.30. The topological polar surface area (TPSA) is 84.0 Å². The van der Waals surface area contributed by atoms with Gasteiger partial charge in [-0.2, -0.15) is 13.2 Å². The van der Waals surface area contributed by atoms with E-state index in [9.17, 15) is 27.6 Å². The fourth-order valence-corrected chi connectivity index (χ4v) is 3.27. The number of hydrogen-bond donors (Lipinski definition) is 2. The Morgan fingerprint density at radius 1 is 1.13 bits per heavy atom. The van der Waals surface area contributed by atoms with Gasteiger partial charge in [0.15, 0.2) is 0 Å². The summed E-state index contributed by atoms with van der Waals surface area (Å²) in [6, 6.07) is 10.5. The summed E-state index contributed by atoms with van der Waals surface area (Å²) in [5.74, 6) is -0.645. The van der Waals surface area contributed by atoms with Crippen molar-refractivity contribution >= 4 is 16.8 Å². The van der Waals surface area contributed by atoms with E-state index in [0.717, 1.165) is 16.7 Å². The standard InChI is InChI=1S/C21H20F3N3O3/c1-2-6-16(13-7-5-8-14(11-13)21(22,23)24)25-18(28)12-27-19(29)15-9-3-4-10-17(15)26-20(27)30/h3-5,7-11,16H,2,6,12H2,1H3,(H,25,28)(H,26,30). The summed E-state index contributed by atoms with van der Waals surface area (Å²) < 4.78 is 39.8. The van der Waals surface area contributed by atoms with E-state index < -0.39 is 41.5 Å². The van der Waals surface area contributed by atoms with Crippen molar-refractivity contribution in [1.29, 1.82) is 0 Å². The SMILES string of the molecule is CCCC(NC(=O)Cn1c(=O)[nH]c2ccccc2c1=O)c1cccc(C(F)(F)F)c1. The van der Waals surface area contributed by atoms with Gasteiger partial charge in [0.05, 0.1) is 22.5 Å². The lowest BCUT2D eigenvalue weighted by molar-refractivity contribution is -0.137. The number of carbonyl (C=O) groups excluding carboxylic acids is 1. The monoisotopic (exact) mass is 419 g/mol. The first-order chi connectivity index (χ1) is 14.2. The van der Waals surface area contributed by atoms with Gasteiger partial charge in [0.25, 0.3) is 5.56 Å². The van der Waals surface area contributed by atoms with E-state index in [4.69, 9.17) is 0 Å². The number of aromatic nitrogens is 2. The van der Waals surface area contributed by atoms with Gasteiger partial charge in [-0.05, 0) is 36.2 Å². The summed E-state index contributed by atoms with van der Waals surface area (Å²) in [5, 5.41) is 2.90. The van der Waals surface area contributed by atoms with Gasteiger partial charge in [-0.15, -0.1) is 0 Å². The molecule has 1 atom stereocenters. The highest BCUT2D eigenvalue weighted by Gasteiger charge is 2.31. The Balaban J connectivity index is 1.86. The number of hydrogen-bond acceptors (Lipinski definition) is 3. The maximum Gasteiger partial charge on any atom is 0.416 e. The zero-order valence-electron chi connectivity index (χ0n) is 16.1. The third-order valence-corrected chi connectivity index (χ3v) is 4.72. The van der Waals surface area contributed by atoms with Crippen LogP contribution in [0.1, 0.15) is 36.9 Å². The van der Waals surface area contributed by atoms with E-state index in [1.807, 2.05) is 6.92 Å². The number of alkyl halides is 3. The van der Waals surface area contributed by atoms with Gasteiger partial charge in [-0.25, -0.2) is 4.79 Å². The number of rotatable bonds is 6. The molecule has 0 aliphatic carbocycles. The quantitative estimate of drug-likeness (QED) is 0.643. The van der Waals surface area contributed by atoms with Gasteiger partial charge < -0.3 is 10.3 Å². The molecule has 0 saturated carbocycles. The number of benzene rings is 2. The molecular formula is C21H20F3N3O3. The third-order valence-electron chi connectivity index (χ3n) is 4.72. The average molecular weight is 419 g/mol. The van der Waals surface area contributed by atoms with E-state index >= 15 is 0 Å². The number of nitrogens with one attached hydrogen (secondary N) is 2. The molecule has 2 N–H and O–H groups in total. The van der Waals surface area contributed by atoms with Crippen LogP contribution in [0, 0.1) is 0 Å². The van der Waals surface area contributed by atoms with Crippen molar-refractivity contribution in [2.75, 3.05) is 0 Å². The molecule has 0 saturated heterocycles. The molecule has 6 nitrogen and oxygen atoms in total. The Morgan fingerprint density at radius 2 is 1.87 bits per heavy atom. The molecule has 158 valence electrons. The van der Waals surface area contributed by atoms with Gasteiger partial charge in [0, 0.05) is 0 Å². The summed E-state index contributed by atoms with van der Waals surface area (Å²) in [7, 11) is 0. The first-order valence-corrected chi connectivity index (χ1v) is 9.39. The number of fused-ring (bicyclic) bond motifs is 1. The number of aromatic amines is 1. The third kappa shape index (κ3) is 4.61. The molecule has 0 radical (unpaired) electrons.